The zero-order chi connectivity index (χ0) is 17.0. The molecule has 0 N–H and O–H groups in total. The van der Waals surface area contributed by atoms with E-state index in [0.29, 0.717) is 0 Å². The van der Waals surface area contributed by atoms with Crippen LogP contribution in [0.3, 0.4) is 0 Å². The van der Waals surface area contributed by atoms with E-state index in [-0.39, 0.29) is 12.2 Å². The molecule has 0 aliphatic carbocycles. The molecule has 0 aromatic heterocycles. The molecular formula is C12H32O6Si4. The minimum Gasteiger partial charge on any atom is -0.420 e. The third kappa shape index (κ3) is 6.63. The second-order valence-electron chi connectivity index (χ2n) is 6.01. The largest absolute Gasteiger partial charge is 0.481 e. The summed E-state index contributed by atoms with van der Waals surface area (Å²) < 4.78 is 36.8. The summed E-state index contributed by atoms with van der Waals surface area (Å²) in [6.07, 6.45) is 1.97. The van der Waals surface area contributed by atoms with Gasteiger partial charge in [0.25, 0.3) is 0 Å². The molecule has 10 heteroatoms. The Kier molecular flexibility index (Phi) is 8.12. The smallest absolute Gasteiger partial charge is 0.420 e. The van der Waals surface area contributed by atoms with E-state index in [9.17, 15) is 0 Å². The molecule has 0 amide bonds. The van der Waals surface area contributed by atoms with E-state index in [0.717, 1.165) is 12.8 Å². The summed E-state index contributed by atoms with van der Waals surface area (Å²) in [5.74, 6) is 0. The van der Waals surface area contributed by atoms with Gasteiger partial charge < -0.3 is 25.3 Å². The minimum absolute atomic E-state index is 0.0776. The van der Waals surface area contributed by atoms with Gasteiger partial charge in [0.15, 0.2) is 0 Å². The van der Waals surface area contributed by atoms with Crippen molar-refractivity contribution in [3.63, 3.8) is 0 Å². The maximum absolute atomic E-state index is 6.33. The van der Waals surface area contributed by atoms with Crippen molar-refractivity contribution in [1.29, 1.82) is 0 Å². The summed E-state index contributed by atoms with van der Waals surface area (Å²) in [5, 5.41) is 0. The standard InChI is InChI=1S/C12H32O6Si4/c1-9-11(3)13-21(7)16-19(5)15-20(6)17-22(8,18-21)14-12(4)10-2/h11-12,19-20H,9-10H2,1-8H3. The van der Waals surface area contributed by atoms with Crippen LogP contribution in [-0.2, 0) is 25.3 Å². The summed E-state index contributed by atoms with van der Waals surface area (Å²) in [5.41, 5.74) is 0. The van der Waals surface area contributed by atoms with Gasteiger partial charge in [-0.25, -0.2) is 0 Å². The quantitative estimate of drug-likeness (QED) is 0.656. The van der Waals surface area contributed by atoms with Crippen LogP contribution in [0.2, 0.25) is 26.2 Å². The minimum atomic E-state index is -2.84. The molecule has 1 aliphatic heterocycles. The highest BCUT2D eigenvalue weighted by molar-refractivity contribution is 6.82. The lowest BCUT2D eigenvalue weighted by molar-refractivity contribution is 0.0474. The first kappa shape index (κ1) is 20.7. The van der Waals surface area contributed by atoms with Crippen molar-refractivity contribution in [1.82, 2.24) is 0 Å². The van der Waals surface area contributed by atoms with E-state index >= 15 is 0 Å². The fraction of sp³-hybridized carbons (Fsp3) is 1.00. The Balaban J connectivity index is 2.95. The molecule has 1 aliphatic rings. The first-order valence-electron chi connectivity index (χ1n) is 8.18. The molecule has 1 rings (SSSR count). The van der Waals surface area contributed by atoms with Crippen LogP contribution in [0.5, 0.6) is 0 Å². The van der Waals surface area contributed by atoms with Crippen molar-refractivity contribution in [2.24, 2.45) is 0 Å². The first-order valence-corrected chi connectivity index (χ1v) is 16.8. The van der Waals surface area contributed by atoms with Gasteiger partial charge in [-0.05, 0) is 39.8 Å². The summed E-state index contributed by atoms with van der Waals surface area (Å²) in [6, 6.07) is 0. The Bertz CT molecular complexity index is 322. The summed E-state index contributed by atoms with van der Waals surface area (Å²) in [4.78, 5) is 0. The molecule has 0 radical (unpaired) electrons. The fourth-order valence-corrected chi connectivity index (χ4v) is 17.3. The average molecular weight is 385 g/mol. The highest BCUT2D eigenvalue weighted by Crippen LogP contribution is 2.27. The SMILES string of the molecule is CCC(C)O[Si]1(C)O[SiH](C)O[SiH](C)O[Si](C)(OC(C)CC)O1. The first-order chi connectivity index (χ1) is 10.1. The van der Waals surface area contributed by atoms with Gasteiger partial charge in [-0.1, -0.05) is 13.8 Å². The van der Waals surface area contributed by atoms with Crippen LogP contribution >= 0.6 is 0 Å². The Hall–Kier alpha value is 0.628. The van der Waals surface area contributed by atoms with Gasteiger partial charge in [-0.3, -0.25) is 0 Å². The second kappa shape index (κ2) is 8.64. The predicted octanol–water partition coefficient (Wildman–Crippen LogP) is 2.53. The highest BCUT2D eigenvalue weighted by atomic mass is 28.5. The molecule has 6 atom stereocenters. The van der Waals surface area contributed by atoms with Gasteiger partial charge >= 0.3 is 36.2 Å². The lowest BCUT2D eigenvalue weighted by Crippen LogP contribution is -2.63. The molecule has 6 unspecified atom stereocenters. The Morgan fingerprint density at radius 3 is 1.55 bits per heavy atom. The average Bonchev–Trinajstić information content (AvgIpc) is 2.34. The lowest BCUT2D eigenvalue weighted by atomic mass is 10.3. The van der Waals surface area contributed by atoms with E-state index in [4.69, 9.17) is 25.3 Å². The predicted molar refractivity (Wildman–Crippen MR) is 95.3 cm³/mol. The van der Waals surface area contributed by atoms with Gasteiger partial charge in [-0.2, -0.15) is 0 Å². The Morgan fingerprint density at radius 2 is 1.23 bits per heavy atom. The zero-order valence-electron chi connectivity index (χ0n) is 15.2. The van der Waals surface area contributed by atoms with Crippen LogP contribution in [0.1, 0.15) is 40.5 Å². The van der Waals surface area contributed by atoms with Crippen LogP contribution < -0.4 is 0 Å². The number of hydrogen-bond acceptors (Lipinski definition) is 6. The molecule has 0 spiro atoms. The van der Waals surface area contributed by atoms with Crippen molar-refractivity contribution in [3.05, 3.63) is 0 Å². The van der Waals surface area contributed by atoms with Crippen molar-refractivity contribution >= 4 is 36.2 Å². The van der Waals surface area contributed by atoms with Gasteiger partial charge in [0.05, 0.1) is 0 Å². The third-order valence-electron chi connectivity index (χ3n) is 3.49. The van der Waals surface area contributed by atoms with Crippen LogP contribution in [0, 0.1) is 0 Å². The van der Waals surface area contributed by atoms with Crippen molar-refractivity contribution in [3.8, 4) is 0 Å². The molecule has 0 saturated carbocycles. The topological polar surface area (TPSA) is 55.4 Å². The van der Waals surface area contributed by atoms with Gasteiger partial charge in [-0.15, -0.1) is 0 Å². The van der Waals surface area contributed by atoms with Crippen LogP contribution in [0.25, 0.3) is 0 Å². The fourth-order valence-electron chi connectivity index (χ4n) is 2.31. The summed E-state index contributed by atoms with van der Waals surface area (Å²) in [7, 11) is -9.29. The van der Waals surface area contributed by atoms with Crippen LogP contribution in [0.4, 0.5) is 0 Å². The molecule has 1 saturated heterocycles. The summed E-state index contributed by atoms with van der Waals surface area (Å²) in [6.45, 7) is 16.1. The molecule has 0 bridgehead atoms. The highest BCUT2D eigenvalue weighted by Gasteiger charge is 2.52. The Morgan fingerprint density at radius 1 is 0.864 bits per heavy atom. The Labute approximate surface area is 140 Å². The molecular weight excluding hydrogens is 352 g/mol. The van der Waals surface area contributed by atoms with E-state index in [1.54, 1.807) is 0 Å². The molecule has 0 aromatic carbocycles. The molecule has 1 fully saturated rings. The van der Waals surface area contributed by atoms with Gasteiger partial charge in [0.1, 0.15) is 0 Å². The van der Waals surface area contributed by atoms with Crippen molar-refractivity contribution in [2.45, 2.75) is 78.9 Å². The maximum atomic E-state index is 6.33. The molecule has 6 nitrogen and oxygen atoms in total. The molecule has 1 heterocycles. The van der Waals surface area contributed by atoms with E-state index in [1.165, 1.54) is 0 Å². The molecule has 22 heavy (non-hydrogen) atoms. The van der Waals surface area contributed by atoms with Crippen molar-refractivity contribution in [2.75, 3.05) is 0 Å². The molecule has 0 aromatic rings. The van der Waals surface area contributed by atoms with Gasteiger partial charge in [0, 0.05) is 25.3 Å². The second-order valence-corrected chi connectivity index (χ2v) is 16.0. The monoisotopic (exact) mass is 384 g/mol. The third-order valence-corrected chi connectivity index (χ3v) is 17.3. The zero-order valence-corrected chi connectivity index (χ0v) is 19.5. The van der Waals surface area contributed by atoms with Gasteiger partial charge in [0.2, 0.25) is 0 Å². The van der Waals surface area contributed by atoms with Crippen molar-refractivity contribution < 1.29 is 25.3 Å². The summed E-state index contributed by atoms with van der Waals surface area (Å²) >= 11 is 0. The number of rotatable bonds is 6. The van der Waals surface area contributed by atoms with E-state index < -0.39 is 36.2 Å². The molecule has 132 valence electrons. The lowest BCUT2D eigenvalue weighted by Gasteiger charge is -2.42. The van der Waals surface area contributed by atoms with Crippen LogP contribution in [-0.4, -0.2) is 48.4 Å². The van der Waals surface area contributed by atoms with E-state index in [2.05, 4.69) is 13.8 Å². The van der Waals surface area contributed by atoms with E-state index in [1.807, 2.05) is 40.0 Å². The maximum Gasteiger partial charge on any atom is 0.481 e. The normalized spacial score (nSPS) is 39.8. The van der Waals surface area contributed by atoms with Crippen LogP contribution in [0.15, 0.2) is 0 Å². The number of hydrogen-bond donors (Lipinski definition) is 0.